The van der Waals surface area contributed by atoms with Crippen molar-refractivity contribution >= 4 is 12.2 Å². The first-order chi connectivity index (χ1) is 8.72. The Balaban J connectivity index is 2.26. The van der Waals surface area contributed by atoms with E-state index < -0.39 is 0 Å². The van der Waals surface area contributed by atoms with Gasteiger partial charge in [0, 0.05) is 0 Å². The predicted octanol–water partition coefficient (Wildman–Crippen LogP) is 5.07. The number of hydrogen-bond acceptors (Lipinski definition) is 1. The summed E-state index contributed by atoms with van der Waals surface area (Å²) in [7, 11) is 0. The molecule has 18 heavy (non-hydrogen) atoms. The summed E-state index contributed by atoms with van der Waals surface area (Å²) < 4.78 is 5.87. The van der Waals surface area contributed by atoms with Gasteiger partial charge in [-0.25, -0.2) is 0 Å². The first kappa shape index (κ1) is 12.2. The van der Waals surface area contributed by atoms with E-state index in [9.17, 15) is 0 Å². The maximum atomic E-state index is 5.87. The van der Waals surface area contributed by atoms with E-state index in [1.165, 1.54) is 0 Å². The number of aryl methyl sites for hydroxylation is 1. The molecule has 0 amide bonds. The number of rotatable bonds is 4. The lowest BCUT2D eigenvalue weighted by Gasteiger charge is -2.09. The Morgan fingerprint density at radius 1 is 0.889 bits per heavy atom. The summed E-state index contributed by atoms with van der Waals surface area (Å²) in [6, 6.07) is 13.9. The Morgan fingerprint density at radius 3 is 2.11 bits per heavy atom. The van der Waals surface area contributed by atoms with Crippen molar-refractivity contribution in [1.29, 1.82) is 0 Å². The van der Waals surface area contributed by atoms with Crippen molar-refractivity contribution in [2.75, 3.05) is 0 Å². The lowest BCUT2D eigenvalue weighted by atomic mass is 10.1. The molecule has 0 saturated heterocycles. The molecule has 90 valence electrons. The van der Waals surface area contributed by atoms with E-state index in [0.717, 1.165) is 28.2 Å². The number of hydrogen-bond donors (Lipinski definition) is 0. The Kier molecular flexibility index (Phi) is 3.63. The molecule has 2 rings (SSSR count). The van der Waals surface area contributed by atoms with Crippen molar-refractivity contribution in [1.82, 2.24) is 0 Å². The molecule has 1 nitrogen and oxygen atoms in total. The van der Waals surface area contributed by atoms with Gasteiger partial charge in [-0.2, -0.15) is 0 Å². The minimum atomic E-state index is 0.824. The third-order valence-electron chi connectivity index (χ3n) is 2.79. The summed E-state index contributed by atoms with van der Waals surface area (Å²) in [5.41, 5.74) is 3.24. The molecule has 0 radical (unpaired) electrons. The van der Waals surface area contributed by atoms with Crippen LogP contribution in [0.4, 0.5) is 0 Å². The fraction of sp³-hybridized carbons (Fsp3) is 0.0588. The number of benzene rings is 2. The van der Waals surface area contributed by atoms with Crippen molar-refractivity contribution in [3.05, 3.63) is 72.3 Å². The minimum absolute atomic E-state index is 0.824. The van der Waals surface area contributed by atoms with Gasteiger partial charge in [0.2, 0.25) is 0 Å². The van der Waals surface area contributed by atoms with Gasteiger partial charge in [-0.15, -0.1) is 0 Å². The predicted molar refractivity (Wildman–Crippen MR) is 77.9 cm³/mol. The standard InChI is InChI=1S/C17H16O/c1-4-14-8-10-16(11-9-14)18-17-12-15(5-2)7-6-13(17)3/h4-12H,1-2H2,3H3. The van der Waals surface area contributed by atoms with Crippen LogP contribution in [0.25, 0.3) is 12.2 Å². The lowest BCUT2D eigenvalue weighted by Crippen LogP contribution is -1.88. The first-order valence-corrected chi connectivity index (χ1v) is 5.86. The molecule has 0 unspecified atom stereocenters. The monoisotopic (exact) mass is 236 g/mol. The first-order valence-electron chi connectivity index (χ1n) is 5.86. The Bertz CT molecular complexity index is 565. The second-order valence-corrected chi connectivity index (χ2v) is 4.10. The van der Waals surface area contributed by atoms with Crippen LogP contribution in [0.5, 0.6) is 11.5 Å². The van der Waals surface area contributed by atoms with Crippen LogP contribution >= 0.6 is 0 Å². The SMILES string of the molecule is C=Cc1ccc(Oc2cc(C=C)ccc2C)cc1. The fourth-order valence-corrected chi connectivity index (χ4v) is 1.65. The summed E-state index contributed by atoms with van der Waals surface area (Å²) in [5, 5.41) is 0. The molecule has 0 bridgehead atoms. The molecule has 1 heteroatoms. The normalized spacial score (nSPS) is 9.83. The van der Waals surface area contributed by atoms with E-state index >= 15 is 0 Å². The van der Waals surface area contributed by atoms with E-state index in [4.69, 9.17) is 4.74 Å². The van der Waals surface area contributed by atoms with Crippen LogP contribution in [-0.4, -0.2) is 0 Å². The second-order valence-electron chi connectivity index (χ2n) is 4.10. The maximum Gasteiger partial charge on any atom is 0.130 e. The molecule has 0 heterocycles. The highest BCUT2D eigenvalue weighted by Crippen LogP contribution is 2.26. The Hall–Kier alpha value is -2.28. The van der Waals surface area contributed by atoms with Crippen molar-refractivity contribution in [2.24, 2.45) is 0 Å². The van der Waals surface area contributed by atoms with Gasteiger partial charge < -0.3 is 4.74 Å². The zero-order valence-electron chi connectivity index (χ0n) is 10.5. The summed E-state index contributed by atoms with van der Waals surface area (Å²) in [6.45, 7) is 9.52. The summed E-state index contributed by atoms with van der Waals surface area (Å²) in [5.74, 6) is 1.68. The minimum Gasteiger partial charge on any atom is -0.457 e. The molecule has 0 saturated carbocycles. The number of ether oxygens (including phenoxy) is 1. The molecule has 0 atom stereocenters. The van der Waals surface area contributed by atoms with E-state index in [-0.39, 0.29) is 0 Å². The van der Waals surface area contributed by atoms with Crippen molar-refractivity contribution < 1.29 is 4.74 Å². The second kappa shape index (κ2) is 5.37. The Labute approximate surface area is 108 Å². The van der Waals surface area contributed by atoms with Crippen LogP contribution < -0.4 is 4.74 Å². The van der Waals surface area contributed by atoms with Crippen LogP contribution in [0.15, 0.2) is 55.6 Å². The summed E-state index contributed by atoms with van der Waals surface area (Å²) in [6.07, 6.45) is 3.63. The molecule has 0 aliphatic heterocycles. The van der Waals surface area contributed by atoms with Crippen molar-refractivity contribution in [2.45, 2.75) is 6.92 Å². The van der Waals surface area contributed by atoms with Crippen LogP contribution in [-0.2, 0) is 0 Å². The van der Waals surface area contributed by atoms with Gasteiger partial charge in [-0.3, -0.25) is 0 Å². The van der Waals surface area contributed by atoms with E-state index in [1.54, 1.807) is 0 Å². The quantitative estimate of drug-likeness (QED) is 0.719. The van der Waals surface area contributed by atoms with Crippen LogP contribution in [0.1, 0.15) is 16.7 Å². The summed E-state index contributed by atoms with van der Waals surface area (Å²) >= 11 is 0. The third kappa shape index (κ3) is 2.69. The van der Waals surface area contributed by atoms with Crippen LogP contribution in [0.3, 0.4) is 0 Å². The molecular formula is C17H16O. The maximum absolute atomic E-state index is 5.87. The highest BCUT2D eigenvalue weighted by molar-refractivity contribution is 5.53. The van der Waals surface area contributed by atoms with E-state index in [1.807, 2.05) is 61.5 Å². The van der Waals surface area contributed by atoms with Crippen LogP contribution in [0.2, 0.25) is 0 Å². The van der Waals surface area contributed by atoms with Gasteiger partial charge in [0.05, 0.1) is 0 Å². The largest absolute Gasteiger partial charge is 0.457 e. The van der Waals surface area contributed by atoms with Crippen molar-refractivity contribution in [3.8, 4) is 11.5 Å². The zero-order valence-corrected chi connectivity index (χ0v) is 10.5. The van der Waals surface area contributed by atoms with E-state index in [2.05, 4.69) is 13.2 Å². The van der Waals surface area contributed by atoms with E-state index in [0.29, 0.717) is 0 Å². The molecule has 0 aromatic heterocycles. The molecular weight excluding hydrogens is 220 g/mol. The molecule has 0 N–H and O–H groups in total. The molecule has 0 aliphatic rings. The van der Waals surface area contributed by atoms with Gasteiger partial charge in [0.25, 0.3) is 0 Å². The van der Waals surface area contributed by atoms with Gasteiger partial charge in [0.15, 0.2) is 0 Å². The fourth-order valence-electron chi connectivity index (χ4n) is 1.65. The van der Waals surface area contributed by atoms with Gasteiger partial charge in [0.1, 0.15) is 11.5 Å². The van der Waals surface area contributed by atoms with Gasteiger partial charge in [-0.05, 0) is 41.8 Å². The van der Waals surface area contributed by atoms with Gasteiger partial charge in [-0.1, -0.05) is 49.6 Å². The third-order valence-corrected chi connectivity index (χ3v) is 2.79. The molecule has 2 aromatic carbocycles. The smallest absolute Gasteiger partial charge is 0.130 e. The topological polar surface area (TPSA) is 9.23 Å². The zero-order chi connectivity index (χ0) is 13.0. The van der Waals surface area contributed by atoms with Crippen molar-refractivity contribution in [3.63, 3.8) is 0 Å². The highest BCUT2D eigenvalue weighted by Gasteiger charge is 2.02. The average molecular weight is 236 g/mol. The molecule has 0 spiro atoms. The molecule has 2 aromatic rings. The highest BCUT2D eigenvalue weighted by atomic mass is 16.5. The summed E-state index contributed by atoms with van der Waals surface area (Å²) in [4.78, 5) is 0. The molecule has 0 aliphatic carbocycles. The molecule has 0 fully saturated rings. The average Bonchev–Trinajstić information content (AvgIpc) is 2.42. The lowest BCUT2D eigenvalue weighted by molar-refractivity contribution is 0.479. The van der Waals surface area contributed by atoms with Gasteiger partial charge >= 0.3 is 0 Å². The van der Waals surface area contributed by atoms with Crippen LogP contribution in [0, 0.1) is 6.92 Å². The Morgan fingerprint density at radius 2 is 1.50 bits per heavy atom.